The molecule has 6 heteroatoms. The van der Waals surface area contributed by atoms with Crippen LogP contribution in [0.1, 0.15) is 10.4 Å². The Bertz CT molecular complexity index is 617. The standard InChI is InChI=1S/C13H11F2N3O/c14-8-5-6-12(10(15)7-8)17-13(19)9-3-1-2-4-11(9)18-16/h1-7,18H,16H2,(H,17,19). The highest BCUT2D eigenvalue weighted by Crippen LogP contribution is 2.19. The van der Waals surface area contributed by atoms with Gasteiger partial charge >= 0.3 is 0 Å². The number of rotatable bonds is 3. The van der Waals surface area contributed by atoms with Crippen molar-refractivity contribution in [2.75, 3.05) is 10.7 Å². The van der Waals surface area contributed by atoms with Gasteiger partial charge in [-0.3, -0.25) is 10.6 Å². The fourth-order valence-electron chi connectivity index (χ4n) is 1.59. The summed E-state index contributed by atoms with van der Waals surface area (Å²) in [6.45, 7) is 0. The monoisotopic (exact) mass is 263 g/mol. The molecule has 1 amide bonds. The van der Waals surface area contributed by atoms with Crippen molar-refractivity contribution in [1.82, 2.24) is 0 Å². The maximum atomic E-state index is 13.4. The Labute approximate surface area is 108 Å². The first-order valence-electron chi connectivity index (χ1n) is 5.44. The van der Waals surface area contributed by atoms with Crippen LogP contribution in [0.2, 0.25) is 0 Å². The van der Waals surface area contributed by atoms with Crippen LogP contribution in [0.25, 0.3) is 0 Å². The van der Waals surface area contributed by atoms with Crippen LogP contribution >= 0.6 is 0 Å². The predicted octanol–water partition coefficient (Wildman–Crippen LogP) is 2.50. The Morgan fingerprint density at radius 1 is 1.05 bits per heavy atom. The van der Waals surface area contributed by atoms with Gasteiger partial charge in [-0.15, -0.1) is 0 Å². The molecule has 2 aromatic carbocycles. The lowest BCUT2D eigenvalue weighted by atomic mass is 10.1. The molecule has 98 valence electrons. The van der Waals surface area contributed by atoms with E-state index in [2.05, 4.69) is 10.7 Å². The van der Waals surface area contributed by atoms with E-state index in [1.165, 1.54) is 6.07 Å². The lowest BCUT2D eigenvalue weighted by Crippen LogP contribution is -2.17. The number of hydrogen-bond donors (Lipinski definition) is 3. The summed E-state index contributed by atoms with van der Waals surface area (Å²) >= 11 is 0. The molecule has 0 saturated carbocycles. The van der Waals surface area contributed by atoms with Crippen LogP contribution in [0.15, 0.2) is 42.5 Å². The molecule has 0 fully saturated rings. The van der Waals surface area contributed by atoms with Gasteiger partial charge in [0.2, 0.25) is 0 Å². The van der Waals surface area contributed by atoms with Gasteiger partial charge in [0, 0.05) is 6.07 Å². The number of halogens is 2. The van der Waals surface area contributed by atoms with E-state index in [0.29, 0.717) is 11.8 Å². The van der Waals surface area contributed by atoms with Gasteiger partial charge in [0.15, 0.2) is 0 Å². The van der Waals surface area contributed by atoms with Crippen LogP contribution in [0.3, 0.4) is 0 Å². The van der Waals surface area contributed by atoms with Crippen molar-refractivity contribution < 1.29 is 13.6 Å². The van der Waals surface area contributed by atoms with Crippen LogP contribution in [0, 0.1) is 11.6 Å². The second-order valence-corrected chi connectivity index (χ2v) is 3.77. The highest BCUT2D eigenvalue weighted by atomic mass is 19.1. The molecule has 0 saturated heterocycles. The van der Waals surface area contributed by atoms with Gasteiger partial charge in [0.25, 0.3) is 5.91 Å². The normalized spacial score (nSPS) is 10.1. The van der Waals surface area contributed by atoms with Crippen molar-refractivity contribution in [2.45, 2.75) is 0 Å². The Hall–Kier alpha value is -2.47. The third kappa shape index (κ3) is 2.86. The smallest absolute Gasteiger partial charge is 0.257 e. The summed E-state index contributed by atoms with van der Waals surface area (Å²) in [7, 11) is 0. The van der Waals surface area contributed by atoms with E-state index in [0.717, 1.165) is 12.1 Å². The van der Waals surface area contributed by atoms with Gasteiger partial charge < -0.3 is 10.7 Å². The van der Waals surface area contributed by atoms with E-state index in [1.54, 1.807) is 18.2 Å². The molecule has 4 N–H and O–H groups in total. The number of benzene rings is 2. The maximum Gasteiger partial charge on any atom is 0.257 e. The molecule has 4 nitrogen and oxygen atoms in total. The Morgan fingerprint density at radius 2 is 1.79 bits per heavy atom. The number of nitrogen functional groups attached to an aromatic ring is 1. The average molecular weight is 263 g/mol. The van der Waals surface area contributed by atoms with Crippen molar-refractivity contribution in [2.24, 2.45) is 5.84 Å². The number of hydrazine groups is 1. The molecular weight excluding hydrogens is 252 g/mol. The molecule has 0 unspecified atom stereocenters. The quantitative estimate of drug-likeness (QED) is 0.588. The molecule has 19 heavy (non-hydrogen) atoms. The molecule has 2 rings (SSSR count). The minimum Gasteiger partial charge on any atom is -0.323 e. The first-order valence-corrected chi connectivity index (χ1v) is 5.44. The number of carbonyl (C=O) groups excluding carboxylic acids is 1. The van der Waals surface area contributed by atoms with E-state index in [4.69, 9.17) is 5.84 Å². The summed E-state index contributed by atoms with van der Waals surface area (Å²) in [5.74, 6) is 3.19. The van der Waals surface area contributed by atoms with E-state index in [-0.39, 0.29) is 11.3 Å². The summed E-state index contributed by atoms with van der Waals surface area (Å²) in [4.78, 5) is 12.0. The molecular formula is C13H11F2N3O. The van der Waals surface area contributed by atoms with Gasteiger partial charge in [0.1, 0.15) is 11.6 Å². The van der Waals surface area contributed by atoms with Crippen molar-refractivity contribution in [3.05, 3.63) is 59.7 Å². The van der Waals surface area contributed by atoms with Gasteiger partial charge in [-0.2, -0.15) is 0 Å². The predicted molar refractivity (Wildman–Crippen MR) is 68.6 cm³/mol. The van der Waals surface area contributed by atoms with Crippen molar-refractivity contribution >= 4 is 17.3 Å². The lowest BCUT2D eigenvalue weighted by molar-refractivity contribution is 0.102. The second-order valence-electron chi connectivity index (χ2n) is 3.77. The summed E-state index contributed by atoms with van der Waals surface area (Å²) in [5, 5.41) is 2.35. The molecule has 2 aromatic rings. The summed E-state index contributed by atoms with van der Waals surface area (Å²) in [5.41, 5.74) is 2.94. The van der Waals surface area contributed by atoms with E-state index in [1.807, 2.05) is 0 Å². The number of hydrogen-bond acceptors (Lipinski definition) is 3. The third-order valence-electron chi connectivity index (χ3n) is 2.51. The fourth-order valence-corrected chi connectivity index (χ4v) is 1.59. The van der Waals surface area contributed by atoms with E-state index in [9.17, 15) is 13.6 Å². The Kier molecular flexibility index (Phi) is 3.72. The van der Waals surface area contributed by atoms with Crippen LogP contribution < -0.4 is 16.6 Å². The number of amides is 1. The SMILES string of the molecule is NNc1ccccc1C(=O)Nc1ccc(F)cc1F. The molecule has 0 aliphatic rings. The molecule has 0 aromatic heterocycles. The van der Waals surface area contributed by atoms with Crippen molar-refractivity contribution in [3.63, 3.8) is 0 Å². The Balaban J connectivity index is 2.26. The highest BCUT2D eigenvalue weighted by molar-refractivity contribution is 6.08. The third-order valence-corrected chi connectivity index (χ3v) is 2.51. The molecule has 0 aliphatic heterocycles. The average Bonchev–Trinajstić information content (AvgIpc) is 2.41. The zero-order valence-corrected chi connectivity index (χ0v) is 9.78. The van der Waals surface area contributed by atoms with E-state index < -0.39 is 17.5 Å². The Morgan fingerprint density at radius 3 is 2.47 bits per heavy atom. The van der Waals surface area contributed by atoms with Crippen molar-refractivity contribution in [1.29, 1.82) is 0 Å². The highest BCUT2D eigenvalue weighted by Gasteiger charge is 2.12. The summed E-state index contributed by atoms with van der Waals surface area (Å²) in [6, 6.07) is 9.40. The van der Waals surface area contributed by atoms with Gasteiger partial charge in [-0.25, -0.2) is 8.78 Å². The first-order chi connectivity index (χ1) is 9.11. The van der Waals surface area contributed by atoms with Crippen molar-refractivity contribution in [3.8, 4) is 0 Å². The zero-order valence-electron chi connectivity index (χ0n) is 9.78. The number of nitrogens with one attached hydrogen (secondary N) is 2. The zero-order chi connectivity index (χ0) is 13.8. The maximum absolute atomic E-state index is 13.4. The molecule has 0 radical (unpaired) electrons. The number of para-hydroxylation sites is 1. The molecule has 0 bridgehead atoms. The van der Waals surface area contributed by atoms with Gasteiger partial charge in [-0.1, -0.05) is 12.1 Å². The van der Waals surface area contributed by atoms with Crippen LogP contribution in [0.5, 0.6) is 0 Å². The number of nitrogens with two attached hydrogens (primary N) is 1. The van der Waals surface area contributed by atoms with Crippen LogP contribution in [0.4, 0.5) is 20.2 Å². The number of anilines is 2. The molecule has 0 heterocycles. The molecule has 0 atom stereocenters. The first kappa shape index (κ1) is 13.0. The van der Waals surface area contributed by atoms with Gasteiger partial charge in [-0.05, 0) is 24.3 Å². The summed E-state index contributed by atoms with van der Waals surface area (Å²) in [6.07, 6.45) is 0. The largest absolute Gasteiger partial charge is 0.323 e. The molecule has 0 spiro atoms. The minimum absolute atomic E-state index is 0.0989. The number of carbonyl (C=O) groups is 1. The van der Waals surface area contributed by atoms with E-state index >= 15 is 0 Å². The fraction of sp³-hybridized carbons (Fsp3) is 0. The van der Waals surface area contributed by atoms with Crippen LogP contribution in [-0.2, 0) is 0 Å². The second kappa shape index (κ2) is 5.45. The lowest BCUT2D eigenvalue weighted by Gasteiger charge is -2.10. The topological polar surface area (TPSA) is 67.1 Å². The van der Waals surface area contributed by atoms with Gasteiger partial charge in [0.05, 0.1) is 16.9 Å². The summed E-state index contributed by atoms with van der Waals surface area (Å²) < 4.78 is 26.2. The molecule has 0 aliphatic carbocycles. The van der Waals surface area contributed by atoms with Crippen LogP contribution in [-0.4, -0.2) is 5.91 Å². The minimum atomic E-state index is -0.841.